The predicted molar refractivity (Wildman–Crippen MR) is 95.9 cm³/mol. The Hall–Kier alpha value is -1.66. The van der Waals surface area contributed by atoms with Gasteiger partial charge in [-0.2, -0.15) is 0 Å². The number of halogens is 1. The van der Waals surface area contributed by atoms with Crippen LogP contribution in [0.25, 0.3) is 11.3 Å². The number of H-pyrrole nitrogens is 1. The fourth-order valence-corrected chi connectivity index (χ4v) is 2.31. The van der Waals surface area contributed by atoms with Crippen molar-refractivity contribution in [3.05, 3.63) is 40.8 Å². The van der Waals surface area contributed by atoms with Gasteiger partial charge >= 0.3 is 0 Å². The lowest BCUT2D eigenvalue weighted by atomic mass is 10.1. The maximum Gasteiger partial charge on any atom is 0.237 e. The summed E-state index contributed by atoms with van der Waals surface area (Å²) in [6.07, 6.45) is 1.81. The average molecular weight is 379 g/mol. The van der Waals surface area contributed by atoms with E-state index in [4.69, 9.17) is 0 Å². The van der Waals surface area contributed by atoms with Crippen molar-refractivity contribution in [3.8, 4) is 11.3 Å². The van der Waals surface area contributed by atoms with Crippen LogP contribution in [0.1, 0.15) is 33.5 Å². The molecule has 1 aromatic carbocycles. The number of hydrogen-bond donors (Lipinski definition) is 3. The maximum atomic E-state index is 12.0. The van der Waals surface area contributed by atoms with Crippen LogP contribution in [-0.4, -0.2) is 27.5 Å². The third kappa shape index (κ3) is 5.48. The highest BCUT2D eigenvalue weighted by Crippen LogP contribution is 2.19. The molecule has 0 bridgehead atoms. The summed E-state index contributed by atoms with van der Waals surface area (Å²) in [6, 6.07) is 7.75. The topological polar surface area (TPSA) is 69.8 Å². The fraction of sp³-hybridized carbons (Fsp3) is 0.412. The maximum absolute atomic E-state index is 12.0. The summed E-state index contributed by atoms with van der Waals surface area (Å²) in [5.41, 5.74) is 1.80. The van der Waals surface area contributed by atoms with Gasteiger partial charge in [0.2, 0.25) is 5.91 Å². The number of amides is 1. The minimum absolute atomic E-state index is 0.0165. The lowest BCUT2D eigenvalue weighted by Gasteiger charge is -2.23. The van der Waals surface area contributed by atoms with Crippen molar-refractivity contribution in [2.45, 2.75) is 45.8 Å². The van der Waals surface area contributed by atoms with Crippen LogP contribution in [0.3, 0.4) is 0 Å². The van der Waals surface area contributed by atoms with Gasteiger partial charge in [0, 0.05) is 10.0 Å². The normalized spacial score (nSPS) is 12.9. The molecule has 1 atom stereocenters. The van der Waals surface area contributed by atoms with E-state index in [1.807, 2.05) is 52.0 Å². The lowest BCUT2D eigenvalue weighted by molar-refractivity contribution is -0.124. The Morgan fingerprint density at radius 3 is 2.57 bits per heavy atom. The number of nitrogens with zero attached hydrogens (tertiary/aromatic N) is 1. The summed E-state index contributed by atoms with van der Waals surface area (Å²) in [6.45, 7) is 8.26. The van der Waals surface area contributed by atoms with Gasteiger partial charge in [-0.05, 0) is 45.4 Å². The Labute approximate surface area is 145 Å². The van der Waals surface area contributed by atoms with E-state index >= 15 is 0 Å². The van der Waals surface area contributed by atoms with Crippen LogP contribution in [0.5, 0.6) is 0 Å². The summed E-state index contributed by atoms with van der Waals surface area (Å²) < 4.78 is 1.04. The number of rotatable bonds is 5. The van der Waals surface area contributed by atoms with Crippen molar-refractivity contribution in [1.82, 2.24) is 20.6 Å². The Morgan fingerprint density at radius 2 is 1.96 bits per heavy atom. The second-order valence-electron chi connectivity index (χ2n) is 6.59. The molecule has 1 amide bonds. The van der Waals surface area contributed by atoms with Crippen LogP contribution < -0.4 is 10.6 Å². The summed E-state index contributed by atoms with van der Waals surface area (Å²) in [5.74, 6) is 0.788. The van der Waals surface area contributed by atoms with E-state index in [1.54, 1.807) is 6.20 Å². The standard InChI is InChI=1S/C17H23BrN4O/c1-11(16(23)22-17(2,3)4)19-10-15-20-9-14(21-15)12-5-7-13(18)8-6-12/h5-9,11,19H,10H2,1-4H3,(H,20,21)(H,22,23). The van der Waals surface area contributed by atoms with Crippen LogP contribution in [0.2, 0.25) is 0 Å². The third-order valence-corrected chi connectivity index (χ3v) is 3.78. The van der Waals surface area contributed by atoms with Crippen molar-refractivity contribution in [2.75, 3.05) is 0 Å². The minimum atomic E-state index is -0.282. The van der Waals surface area contributed by atoms with Crippen LogP contribution in [0.4, 0.5) is 0 Å². The van der Waals surface area contributed by atoms with Crippen LogP contribution in [-0.2, 0) is 11.3 Å². The van der Waals surface area contributed by atoms with Crippen LogP contribution in [0, 0.1) is 0 Å². The molecule has 1 aromatic heterocycles. The molecule has 0 radical (unpaired) electrons. The number of carbonyl (C=O) groups excluding carboxylic acids is 1. The van der Waals surface area contributed by atoms with E-state index in [-0.39, 0.29) is 17.5 Å². The Morgan fingerprint density at radius 1 is 1.30 bits per heavy atom. The zero-order chi connectivity index (χ0) is 17.0. The molecule has 0 aliphatic rings. The zero-order valence-corrected chi connectivity index (χ0v) is 15.5. The van der Waals surface area contributed by atoms with E-state index in [9.17, 15) is 4.79 Å². The molecule has 2 rings (SSSR count). The summed E-state index contributed by atoms with van der Waals surface area (Å²) in [7, 11) is 0. The molecule has 124 valence electrons. The Kier molecular flexibility index (Phi) is 5.59. The highest BCUT2D eigenvalue weighted by Gasteiger charge is 2.19. The molecule has 0 saturated carbocycles. The van der Waals surface area contributed by atoms with E-state index in [0.717, 1.165) is 21.6 Å². The van der Waals surface area contributed by atoms with Crippen molar-refractivity contribution >= 4 is 21.8 Å². The van der Waals surface area contributed by atoms with Crippen molar-refractivity contribution in [1.29, 1.82) is 0 Å². The van der Waals surface area contributed by atoms with Gasteiger partial charge in [0.1, 0.15) is 5.82 Å². The molecule has 6 heteroatoms. The number of hydrogen-bond acceptors (Lipinski definition) is 3. The molecule has 3 N–H and O–H groups in total. The van der Waals surface area contributed by atoms with E-state index in [0.29, 0.717) is 6.54 Å². The SMILES string of the molecule is CC(NCc1ncc(-c2ccc(Br)cc2)[nH]1)C(=O)NC(C)(C)C. The molecular weight excluding hydrogens is 356 g/mol. The molecule has 23 heavy (non-hydrogen) atoms. The quantitative estimate of drug-likeness (QED) is 0.747. The molecule has 0 saturated heterocycles. The molecule has 2 aromatic rings. The minimum Gasteiger partial charge on any atom is -0.350 e. The van der Waals surface area contributed by atoms with Crippen molar-refractivity contribution < 1.29 is 4.79 Å². The summed E-state index contributed by atoms with van der Waals surface area (Å²) in [5, 5.41) is 6.14. The molecule has 0 aliphatic carbocycles. The predicted octanol–water partition coefficient (Wildman–Crippen LogP) is 3.23. The van der Waals surface area contributed by atoms with Crippen molar-refractivity contribution in [3.63, 3.8) is 0 Å². The molecule has 0 aliphatic heterocycles. The van der Waals surface area contributed by atoms with Gasteiger partial charge < -0.3 is 10.3 Å². The first kappa shape index (κ1) is 17.7. The molecule has 5 nitrogen and oxygen atoms in total. The lowest BCUT2D eigenvalue weighted by Crippen LogP contribution is -2.49. The van der Waals surface area contributed by atoms with E-state index in [2.05, 4.69) is 36.5 Å². The number of carbonyl (C=O) groups is 1. The van der Waals surface area contributed by atoms with Gasteiger partial charge in [-0.1, -0.05) is 28.1 Å². The highest BCUT2D eigenvalue weighted by atomic mass is 79.9. The number of aromatic amines is 1. The number of nitrogens with one attached hydrogen (secondary N) is 3. The smallest absolute Gasteiger partial charge is 0.237 e. The molecular formula is C17H23BrN4O. The first-order valence-electron chi connectivity index (χ1n) is 7.60. The van der Waals surface area contributed by atoms with E-state index in [1.165, 1.54) is 0 Å². The molecule has 1 unspecified atom stereocenters. The fourth-order valence-electron chi connectivity index (χ4n) is 2.05. The summed E-state index contributed by atoms with van der Waals surface area (Å²) >= 11 is 3.42. The second kappa shape index (κ2) is 7.27. The van der Waals surface area contributed by atoms with Gasteiger partial charge in [-0.15, -0.1) is 0 Å². The van der Waals surface area contributed by atoms with E-state index < -0.39 is 0 Å². The number of benzene rings is 1. The Bertz CT molecular complexity index is 658. The van der Waals surface area contributed by atoms with Gasteiger partial charge in [0.25, 0.3) is 0 Å². The van der Waals surface area contributed by atoms with Crippen molar-refractivity contribution in [2.24, 2.45) is 0 Å². The largest absolute Gasteiger partial charge is 0.350 e. The number of aromatic nitrogens is 2. The van der Waals surface area contributed by atoms with Gasteiger partial charge in [-0.25, -0.2) is 4.98 Å². The summed E-state index contributed by atoms with van der Waals surface area (Å²) in [4.78, 5) is 19.7. The first-order valence-corrected chi connectivity index (χ1v) is 8.39. The van der Waals surface area contributed by atoms with Crippen LogP contribution >= 0.6 is 15.9 Å². The number of imidazole rings is 1. The monoisotopic (exact) mass is 378 g/mol. The molecule has 0 spiro atoms. The van der Waals surface area contributed by atoms with Gasteiger partial charge in [-0.3, -0.25) is 10.1 Å². The van der Waals surface area contributed by atoms with Crippen LogP contribution in [0.15, 0.2) is 34.9 Å². The van der Waals surface area contributed by atoms with Gasteiger partial charge in [0.05, 0.1) is 24.5 Å². The molecule has 0 fully saturated rings. The second-order valence-corrected chi connectivity index (χ2v) is 7.51. The Balaban J connectivity index is 1.92. The van der Waals surface area contributed by atoms with Gasteiger partial charge in [0.15, 0.2) is 0 Å². The molecule has 1 heterocycles. The zero-order valence-electron chi connectivity index (χ0n) is 13.9. The first-order chi connectivity index (χ1) is 10.7. The highest BCUT2D eigenvalue weighted by molar-refractivity contribution is 9.10. The average Bonchev–Trinajstić information content (AvgIpc) is 2.92. The third-order valence-electron chi connectivity index (χ3n) is 3.25.